The van der Waals surface area contributed by atoms with Crippen LogP contribution in [0.5, 0.6) is 0 Å². The summed E-state index contributed by atoms with van der Waals surface area (Å²) in [6.45, 7) is 3.52. The van der Waals surface area contributed by atoms with Crippen LogP contribution in [0.4, 0.5) is 0 Å². The maximum atomic E-state index is 5.60. The maximum absolute atomic E-state index is 5.60. The Balaban J connectivity index is 2.34. The van der Waals surface area contributed by atoms with E-state index in [9.17, 15) is 0 Å². The lowest BCUT2D eigenvalue weighted by atomic mass is 10.2. The first kappa shape index (κ1) is 14.1. The molecule has 0 atom stereocenters. The van der Waals surface area contributed by atoms with Crippen molar-refractivity contribution in [3.05, 3.63) is 29.6 Å². The van der Waals surface area contributed by atoms with Crippen molar-refractivity contribution in [3.8, 4) is 0 Å². The molecule has 0 spiro atoms. The second-order valence-electron chi connectivity index (χ2n) is 3.99. The molecule has 1 heterocycles. The van der Waals surface area contributed by atoms with E-state index in [1.54, 1.807) is 6.20 Å². The van der Waals surface area contributed by atoms with E-state index in [1.165, 1.54) is 19.3 Å². The van der Waals surface area contributed by atoms with Gasteiger partial charge in [0.05, 0.1) is 6.61 Å². The van der Waals surface area contributed by atoms with Crippen molar-refractivity contribution in [2.75, 3.05) is 6.61 Å². The zero-order chi connectivity index (χ0) is 12.5. The van der Waals surface area contributed by atoms with Gasteiger partial charge in [-0.3, -0.25) is 4.98 Å². The van der Waals surface area contributed by atoms with Gasteiger partial charge in [0.25, 0.3) is 0 Å². The number of rotatable bonds is 8. The van der Waals surface area contributed by atoms with Gasteiger partial charge in [0.2, 0.25) is 0 Å². The molecular weight excluding hydrogens is 232 g/mol. The van der Waals surface area contributed by atoms with E-state index in [1.807, 2.05) is 12.1 Å². The van der Waals surface area contributed by atoms with Gasteiger partial charge in [-0.25, -0.2) is 0 Å². The number of ether oxygens (including phenoxy) is 1. The zero-order valence-corrected chi connectivity index (χ0v) is 11.1. The van der Waals surface area contributed by atoms with E-state index in [0.717, 1.165) is 18.6 Å². The first-order valence-corrected chi connectivity index (χ1v) is 6.48. The number of nitrogens with two attached hydrogens (primary N) is 1. The molecule has 0 radical (unpaired) electrons. The molecule has 0 fully saturated rings. The molecule has 17 heavy (non-hydrogen) atoms. The van der Waals surface area contributed by atoms with Crippen LogP contribution in [0.15, 0.2) is 18.3 Å². The predicted octanol–water partition coefficient (Wildman–Crippen LogP) is 2.81. The Bertz CT molecular complexity index is 355. The van der Waals surface area contributed by atoms with E-state index in [2.05, 4.69) is 11.9 Å². The highest BCUT2D eigenvalue weighted by Crippen LogP contribution is 2.08. The van der Waals surface area contributed by atoms with Gasteiger partial charge in [0.15, 0.2) is 0 Å². The van der Waals surface area contributed by atoms with Crippen molar-refractivity contribution in [1.29, 1.82) is 0 Å². The predicted molar refractivity (Wildman–Crippen MR) is 73.9 cm³/mol. The number of thiocarbonyl (C=S) groups is 1. The Kier molecular flexibility index (Phi) is 6.74. The molecule has 2 N–H and O–H groups in total. The molecule has 1 aromatic heterocycles. The minimum absolute atomic E-state index is 0.329. The average Bonchev–Trinajstić information content (AvgIpc) is 2.34. The second-order valence-corrected chi connectivity index (χ2v) is 4.43. The van der Waals surface area contributed by atoms with Gasteiger partial charge in [-0.05, 0) is 12.5 Å². The Morgan fingerprint density at radius 2 is 2.24 bits per heavy atom. The normalized spacial score (nSPS) is 10.4. The van der Waals surface area contributed by atoms with E-state index in [4.69, 9.17) is 22.7 Å². The number of nitrogens with zero attached hydrogens (tertiary/aromatic N) is 1. The Morgan fingerprint density at radius 1 is 1.41 bits per heavy atom. The number of unbranched alkanes of at least 4 members (excludes halogenated alkanes) is 3. The molecule has 94 valence electrons. The molecule has 0 aromatic carbocycles. The number of hydrogen-bond acceptors (Lipinski definition) is 3. The summed E-state index contributed by atoms with van der Waals surface area (Å²) < 4.78 is 5.60. The Labute approximate surface area is 108 Å². The van der Waals surface area contributed by atoms with Crippen molar-refractivity contribution in [1.82, 2.24) is 4.98 Å². The minimum atomic E-state index is 0.329. The number of hydrogen-bond donors (Lipinski definition) is 1. The van der Waals surface area contributed by atoms with Gasteiger partial charge >= 0.3 is 0 Å². The lowest BCUT2D eigenvalue weighted by Crippen LogP contribution is -2.15. The lowest BCUT2D eigenvalue weighted by Gasteiger charge is -2.07. The topological polar surface area (TPSA) is 48.1 Å². The maximum Gasteiger partial charge on any atom is 0.123 e. The summed E-state index contributed by atoms with van der Waals surface area (Å²) in [5.41, 5.74) is 7.24. The fourth-order valence-corrected chi connectivity index (χ4v) is 1.77. The quantitative estimate of drug-likeness (QED) is 0.571. The van der Waals surface area contributed by atoms with E-state index in [-0.39, 0.29) is 0 Å². The Hall–Kier alpha value is -1.00. The summed E-state index contributed by atoms with van der Waals surface area (Å²) in [5.74, 6) is 0. The van der Waals surface area contributed by atoms with Gasteiger partial charge < -0.3 is 10.5 Å². The second kappa shape index (κ2) is 8.14. The minimum Gasteiger partial charge on any atom is -0.388 e. The zero-order valence-electron chi connectivity index (χ0n) is 10.3. The number of pyridine rings is 1. The first-order chi connectivity index (χ1) is 8.25. The SMILES string of the molecule is CCCCCCOCc1cccnc1C(N)=S. The summed E-state index contributed by atoms with van der Waals surface area (Å²) in [7, 11) is 0. The fourth-order valence-electron chi connectivity index (χ4n) is 1.59. The van der Waals surface area contributed by atoms with E-state index in [0.29, 0.717) is 17.3 Å². The van der Waals surface area contributed by atoms with Crippen molar-refractivity contribution in [3.63, 3.8) is 0 Å². The molecule has 0 aliphatic heterocycles. The van der Waals surface area contributed by atoms with Gasteiger partial charge in [-0.15, -0.1) is 0 Å². The van der Waals surface area contributed by atoms with Crippen molar-refractivity contribution in [2.24, 2.45) is 5.73 Å². The molecule has 3 nitrogen and oxygen atoms in total. The monoisotopic (exact) mass is 252 g/mol. The Morgan fingerprint density at radius 3 is 2.94 bits per heavy atom. The molecule has 1 aromatic rings. The molecule has 0 saturated heterocycles. The molecule has 0 amide bonds. The van der Waals surface area contributed by atoms with Crippen LogP contribution in [0, 0.1) is 0 Å². The van der Waals surface area contributed by atoms with E-state index < -0.39 is 0 Å². The highest BCUT2D eigenvalue weighted by molar-refractivity contribution is 7.80. The van der Waals surface area contributed by atoms with Crippen LogP contribution in [0.3, 0.4) is 0 Å². The summed E-state index contributed by atoms with van der Waals surface area (Å²) in [6.07, 6.45) is 6.55. The highest BCUT2D eigenvalue weighted by atomic mass is 32.1. The molecule has 0 saturated carbocycles. The van der Waals surface area contributed by atoms with Crippen LogP contribution < -0.4 is 5.73 Å². The van der Waals surface area contributed by atoms with Crippen molar-refractivity contribution >= 4 is 17.2 Å². The third-order valence-electron chi connectivity index (χ3n) is 2.52. The van der Waals surface area contributed by atoms with Crippen LogP contribution >= 0.6 is 12.2 Å². The van der Waals surface area contributed by atoms with Crippen LogP contribution in [-0.4, -0.2) is 16.6 Å². The van der Waals surface area contributed by atoms with Crippen LogP contribution in [0.2, 0.25) is 0 Å². The fraction of sp³-hybridized carbons (Fsp3) is 0.538. The van der Waals surface area contributed by atoms with Gasteiger partial charge in [-0.2, -0.15) is 0 Å². The molecular formula is C13H20N2OS. The summed E-state index contributed by atoms with van der Waals surface area (Å²) in [6, 6.07) is 3.82. The standard InChI is InChI=1S/C13H20N2OS/c1-2-3-4-5-9-16-10-11-7-6-8-15-12(11)13(14)17/h6-8H,2-5,9-10H2,1H3,(H2,14,17). The molecule has 0 bridgehead atoms. The molecule has 0 aliphatic rings. The van der Waals surface area contributed by atoms with Crippen molar-refractivity contribution < 1.29 is 4.74 Å². The largest absolute Gasteiger partial charge is 0.388 e. The van der Waals surface area contributed by atoms with E-state index >= 15 is 0 Å². The van der Waals surface area contributed by atoms with Crippen molar-refractivity contribution in [2.45, 2.75) is 39.2 Å². The summed E-state index contributed by atoms with van der Waals surface area (Å²) in [5, 5.41) is 0. The summed E-state index contributed by atoms with van der Waals surface area (Å²) in [4.78, 5) is 4.49. The van der Waals surface area contributed by atoms with Crippen LogP contribution in [0.25, 0.3) is 0 Å². The highest BCUT2D eigenvalue weighted by Gasteiger charge is 2.05. The first-order valence-electron chi connectivity index (χ1n) is 6.07. The summed E-state index contributed by atoms with van der Waals surface area (Å²) >= 11 is 4.95. The van der Waals surface area contributed by atoms with Crippen LogP contribution in [-0.2, 0) is 11.3 Å². The van der Waals surface area contributed by atoms with Crippen LogP contribution in [0.1, 0.15) is 43.9 Å². The van der Waals surface area contributed by atoms with Gasteiger partial charge in [0, 0.05) is 18.4 Å². The average molecular weight is 252 g/mol. The molecule has 0 aliphatic carbocycles. The molecule has 0 unspecified atom stereocenters. The van der Waals surface area contributed by atoms with Gasteiger partial charge in [-0.1, -0.05) is 44.5 Å². The smallest absolute Gasteiger partial charge is 0.123 e. The molecule has 4 heteroatoms. The third kappa shape index (κ3) is 5.24. The molecule has 1 rings (SSSR count). The van der Waals surface area contributed by atoms with Gasteiger partial charge in [0.1, 0.15) is 10.7 Å². The third-order valence-corrected chi connectivity index (χ3v) is 2.72. The number of aromatic nitrogens is 1. The lowest BCUT2D eigenvalue weighted by molar-refractivity contribution is 0.116.